The molecule has 1 N–H and O–H groups in total. The van der Waals surface area contributed by atoms with Gasteiger partial charge < -0.3 is 10.1 Å². The highest BCUT2D eigenvalue weighted by molar-refractivity contribution is 4.82. The van der Waals surface area contributed by atoms with Crippen LogP contribution in [0.15, 0.2) is 0 Å². The highest BCUT2D eigenvalue weighted by Crippen LogP contribution is 2.18. The quantitative estimate of drug-likeness (QED) is 0.812. The van der Waals surface area contributed by atoms with Crippen molar-refractivity contribution in [1.82, 2.24) is 10.2 Å². The van der Waals surface area contributed by atoms with Crippen molar-refractivity contribution < 1.29 is 4.74 Å². The van der Waals surface area contributed by atoms with Crippen LogP contribution in [0.2, 0.25) is 0 Å². The lowest BCUT2D eigenvalue weighted by Crippen LogP contribution is -2.44. The largest absolute Gasteiger partial charge is 0.377 e. The summed E-state index contributed by atoms with van der Waals surface area (Å²) in [4.78, 5) is 2.68. The van der Waals surface area contributed by atoms with Crippen molar-refractivity contribution in [3.05, 3.63) is 0 Å². The predicted octanol–water partition coefficient (Wildman–Crippen LogP) is 1.88. The van der Waals surface area contributed by atoms with Crippen molar-refractivity contribution >= 4 is 0 Å². The molecule has 0 amide bonds. The van der Waals surface area contributed by atoms with Gasteiger partial charge in [0.05, 0.1) is 6.10 Å². The van der Waals surface area contributed by atoms with Gasteiger partial charge in [-0.15, -0.1) is 0 Å². The van der Waals surface area contributed by atoms with Crippen LogP contribution in [0.5, 0.6) is 0 Å². The summed E-state index contributed by atoms with van der Waals surface area (Å²) in [7, 11) is 0. The third kappa shape index (κ3) is 4.23. The van der Waals surface area contributed by atoms with E-state index in [4.69, 9.17) is 4.74 Å². The van der Waals surface area contributed by atoms with Gasteiger partial charge in [-0.3, -0.25) is 4.90 Å². The highest BCUT2D eigenvalue weighted by Gasteiger charge is 2.26. The zero-order valence-electron chi connectivity index (χ0n) is 11.5. The first-order valence-electron chi connectivity index (χ1n) is 7.32. The molecule has 0 aromatic rings. The van der Waals surface area contributed by atoms with Gasteiger partial charge in [0.1, 0.15) is 0 Å². The van der Waals surface area contributed by atoms with Crippen molar-refractivity contribution in [3.63, 3.8) is 0 Å². The van der Waals surface area contributed by atoms with Gasteiger partial charge >= 0.3 is 0 Å². The molecule has 2 fully saturated rings. The average Bonchev–Trinajstić information content (AvgIpc) is 2.69. The van der Waals surface area contributed by atoms with E-state index in [2.05, 4.69) is 24.1 Å². The molecular weight excluding hydrogens is 212 g/mol. The molecule has 0 radical (unpaired) electrons. The number of nitrogens with zero attached hydrogens (tertiary/aromatic N) is 1. The van der Waals surface area contributed by atoms with Crippen LogP contribution in [-0.2, 0) is 4.74 Å². The summed E-state index contributed by atoms with van der Waals surface area (Å²) < 4.78 is 5.79. The Kier molecular flexibility index (Phi) is 5.26. The van der Waals surface area contributed by atoms with Crippen LogP contribution in [0, 0.1) is 5.92 Å². The Morgan fingerprint density at radius 3 is 2.94 bits per heavy atom. The van der Waals surface area contributed by atoms with Crippen molar-refractivity contribution in [2.75, 3.05) is 32.8 Å². The van der Waals surface area contributed by atoms with Crippen LogP contribution in [0.25, 0.3) is 0 Å². The van der Waals surface area contributed by atoms with Gasteiger partial charge in [-0.05, 0) is 44.7 Å². The average molecular weight is 240 g/mol. The van der Waals surface area contributed by atoms with Gasteiger partial charge in [0, 0.05) is 25.7 Å². The van der Waals surface area contributed by atoms with E-state index < -0.39 is 0 Å². The van der Waals surface area contributed by atoms with Crippen LogP contribution >= 0.6 is 0 Å². The topological polar surface area (TPSA) is 24.5 Å². The number of ether oxygens (including phenoxy) is 1. The fraction of sp³-hybridized carbons (Fsp3) is 1.00. The Bertz CT molecular complexity index is 214. The third-order valence-electron chi connectivity index (χ3n) is 3.90. The second-order valence-corrected chi connectivity index (χ2v) is 5.97. The molecule has 2 saturated heterocycles. The van der Waals surface area contributed by atoms with Gasteiger partial charge in [-0.1, -0.05) is 13.8 Å². The first kappa shape index (κ1) is 13.3. The second-order valence-electron chi connectivity index (χ2n) is 5.97. The van der Waals surface area contributed by atoms with Crippen molar-refractivity contribution in [2.45, 2.75) is 51.7 Å². The van der Waals surface area contributed by atoms with Crippen molar-refractivity contribution in [2.24, 2.45) is 5.92 Å². The van der Waals surface area contributed by atoms with Crippen LogP contribution in [0.3, 0.4) is 0 Å². The number of rotatable bonds is 4. The zero-order valence-corrected chi connectivity index (χ0v) is 11.5. The molecule has 0 saturated carbocycles. The standard InChI is InChI=1S/C14H28N2O/c1-12(2)9-13-10-15-6-4-7-16(13)11-14-5-3-8-17-14/h12-15H,3-11H2,1-2H3. The summed E-state index contributed by atoms with van der Waals surface area (Å²) in [5.74, 6) is 0.784. The molecule has 2 unspecified atom stereocenters. The summed E-state index contributed by atoms with van der Waals surface area (Å²) in [5.41, 5.74) is 0. The van der Waals surface area contributed by atoms with Crippen LogP contribution in [0.1, 0.15) is 39.5 Å². The SMILES string of the molecule is CC(C)CC1CNCCCN1CC1CCCO1. The summed E-state index contributed by atoms with van der Waals surface area (Å²) >= 11 is 0. The van der Waals surface area contributed by atoms with E-state index in [0.717, 1.165) is 25.6 Å². The maximum Gasteiger partial charge on any atom is 0.0702 e. The first-order chi connectivity index (χ1) is 8.25. The van der Waals surface area contributed by atoms with E-state index in [1.807, 2.05) is 0 Å². The van der Waals surface area contributed by atoms with E-state index >= 15 is 0 Å². The van der Waals surface area contributed by atoms with Gasteiger partial charge in [0.25, 0.3) is 0 Å². The molecule has 0 aliphatic carbocycles. The lowest BCUT2D eigenvalue weighted by Gasteiger charge is -2.32. The van der Waals surface area contributed by atoms with Crippen LogP contribution < -0.4 is 5.32 Å². The molecule has 100 valence electrons. The minimum absolute atomic E-state index is 0.503. The minimum Gasteiger partial charge on any atom is -0.377 e. The Morgan fingerprint density at radius 2 is 2.24 bits per heavy atom. The zero-order chi connectivity index (χ0) is 12.1. The summed E-state index contributed by atoms with van der Waals surface area (Å²) in [5, 5.41) is 3.58. The summed E-state index contributed by atoms with van der Waals surface area (Å²) in [6.07, 6.45) is 5.60. The molecule has 0 aromatic carbocycles. The number of nitrogens with one attached hydrogen (secondary N) is 1. The Morgan fingerprint density at radius 1 is 1.35 bits per heavy atom. The first-order valence-corrected chi connectivity index (χ1v) is 7.32. The Balaban J connectivity index is 1.88. The second kappa shape index (κ2) is 6.72. The van der Waals surface area contributed by atoms with Crippen LogP contribution in [-0.4, -0.2) is 49.8 Å². The molecule has 3 heteroatoms. The van der Waals surface area contributed by atoms with E-state index in [1.54, 1.807) is 0 Å². The molecule has 0 aromatic heterocycles. The molecule has 2 rings (SSSR count). The lowest BCUT2D eigenvalue weighted by atomic mass is 10.0. The molecular formula is C14H28N2O. The predicted molar refractivity (Wildman–Crippen MR) is 71.3 cm³/mol. The molecule has 2 atom stereocenters. The lowest BCUT2D eigenvalue weighted by molar-refractivity contribution is 0.0559. The highest BCUT2D eigenvalue weighted by atomic mass is 16.5. The summed E-state index contributed by atoms with van der Waals surface area (Å²) in [6, 6.07) is 0.710. The molecule has 2 heterocycles. The fourth-order valence-corrected chi connectivity index (χ4v) is 3.05. The Hall–Kier alpha value is -0.120. The van der Waals surface area contributed by atoms with Crippen molar-refractivity contribution in [3.8, 4) is 0 Å². The molecule has 17 heavy (non-hydrogen) atoms. The van der Waals surface area contributed by atoms with Crippen LogP contribution in [0.4, 0.5) is 0 Å². The monoisotopic (exact) mass is 240 g/mol. The third-order valence-corrected chi connectivity index (χ3v) is 3.90. The van der Waals surface area contributed by atoms with E-state index in [0.29, 0.717) is 12.1 Å². The molecule has 0 bridgehead atoms. The number of hydrogen-bond donors (Lipinski definition) is 1. The molecule has 0 spiro atoms. The van der Waals surface area contributed by atoms with E-state index in [1.165, 1.54) is 38.8 Å². The van der Waals surface area contributed by atoms with Gasteiger partial charge in [0.15, 0.2) is 0 Å². The fourth-order valence-electron chi connectivity index (χ4n) is 3.05. The van der Waals surface area contributed by atoms with Gasteiger partial charge in [-0.25, -0.2) is 0 Å². The van der Waals surface area contributed by atoms with Crippen molar-refractivity contribution in [1.29, 1.82) is 0 Å². The minimum atomic E-state index is 0.503. The van der Waals surface area contributed by atoms with Gasteiger partial charge in [-0.2, -0.15) is 0 Å². The number of hydrogen-bond acceptors (Lipinski definition) is 3. The maximum atomic E-state index is 5.79. The molecule has 2 aliphatic rings. The van der Waals surface area contributed by atoms with E-state index in [9.17, 15) is 0 Å². The summed E-state index contributed by atoms with van der Waals surface area (Å²) in [6.45, 7) is 10.4. The van der Waals surface area contributed by atoms with Gasteiger partial charge in [0.2, 0.25) is 0 Å². The Labute approximate surface area is 106 Å². The normalized spacial score (nSPS) is 31.9. The molecule has 2 aliphatic heterocycles. The molecule has 3 nitrogen and oxygen atoms in total. The van der Waals surface area contributed by atoms with E-state index in [-0.39, 0.29) is 0 Å². The maximum absolute atomic E-state index is 5.79. The smallest absolute Gasteiger partial charge is 0.0702 e.